The summed E-state index contributed by atoms with van der Waals surface area (Å²) in [5.41, 5.74) is 0. The summed E-state index contributed by atoms with van der Waals surface area (Å²) < 4.78 is 68.8. The Balaban J connectivity index is 5.25. The Labute approximate surface area is 626 Å². The number of esters is 4. The topological polar surface area (TPSA) is 237 Å². The normalized spacial score (nSPS) is 14.2. The van der Waals surface area contributed by atoms with Gasteiger partial charge in [-0.05, 0) is 43.4 Å². The van der Waals surface area contributed by atoms with Gasteiger partial charge in [0, 0.05) is 25.7 Å². The van der Waals surface area contributed by atoms with Crippen LogP contribution in [-0.4, -0.2) is 96.7 Å². The standard InChI is InChI=1S/C83H162O17P2/c1-8-10-11-12-13-14-15-16-17-18-19-20-21-22-23-24-31-36-45-52-59-66-82(87)99-78(70-93-80(85)64-57-50-43-35-30-26-25-28-33-40-47-54-61-74(3)4)72-97-101(89,90)95-68-77(84)69-96-102(91,92)98-73-79(71-94-81(86)65-58-51-44-39-38-42-49-56-63-76(7)9-2)100-83(88)67-60-53-46-37-32-27-29-34-41-48-55-62-75(5)6/h74-79,84H,8-73H2,1-7H3,(H,89,90)(H,91,92)/t76?,77-,78-,79-/m1/s1. The highest BCUT2D eigenvalue weighted by molar-refractivity contribution is 7.47. The van der Waals surface area contributed by atoms with Crippen molar-refractivity contribution in [2.24, 2.45) is 17.8 Å². The Morgan fingerprint density at radius 2 is 0.500 bits per heavy atom. The molecule has 19 heteroatoms. The van der Waals surface area contributed by atoms with Crippen molar-refractivity contribution in [3.05, 3.63) is 0 Å². The van der Waals surface area contributed by atoms with Crippen LogP contribution in [0, 0.1) is 17.8 Å². The Kier molecular flexibility index (Phi) is 71.8. The highest BCUT2D eigenvalue weighted by Crippen LogP contribution is 2.45. The molecule has 0 aliphatic rings. The smallest absolute Gasteiger partial charge is 0.462 e. The number of aliphatic hydroxyl groups excluding tert-OH is 1. The molecule has 0 aromatic rings. The van der Waals surface area contributed by atoms with E-state index in [1.165, 1.54) is 244 Å². The zero-order valence-corrected chi connectivity index (χ0v) is 68.9. The summed E-state index contributed by atoms with van der Waals surface area (Å²) in [6.07, 6.45) is 62.4. The van der Waals surface area contributed by atoms with E-state index in [1.807, 2.05) is 0 Å². The fourth-order valence-electron chi connectivity index (χ4n) is 12.8. The second-order valence-electron chi connectivity index (χ2n) is 31.1. The zero-order valence-electron chi connectivity index (χ0n) is 67.1. The van der Waals surface area contributed by atoms with E-state index >= 15 is 0 Å². The lowest BCUT2D eigenvalue weighted by molar-refractivity contribution is -0.161. The van der Waals surface area contributed by atoms with Crippen molar-refractivity contribution < 1.29 is 80.2 Å². The first-order valence-corrected chi connectivity index (χ1v) is 45.9. The lowest BCUT2D eigenvalue weighted by atomic mass is 9.99. The Morgan fingerprint density at radius 3 is 0.745 bits per heavy atom. The molecule has 3 N–H and O–H groups in total. The van der Waals surface area contributed by atoms with E-state index in [4.69, 9.17) is 37.0 Å². The number of carbonyl (C=O) groups is 4. The summed E-state index contributed by atoms with van der Waals surface area (Å²) in [4.78, 5) is 73.1. The van der Waals surface area contributed by atoms with Crippen LogP contribution < -0.4 is 0 Å². The molecule has 17 nitrogen and oxygen atoms in total. The lowest BCUT2D eigenvalue weighted by Gasteiger charge is -2.21. The van der Waals surface area contributed by atoms with E-state index in [9.17, 15) is 43.2 Å². The molecule has 0 saturated heterocycles. The van der Waals surface area contributed by atoms with Crippen LogP contribution in [0.3, 0.4) is 0 Å². The molecule has 0 amide bonds. The van der Waals surface area contributed by atoms with Crippen molar-refractivity contribution in [1.82, 2.24) is 0 Å². The fraction of sp³-hybridized carbons (Fsp3) is 0.952. The van der Waals surface area contributed by atoms with E-state index < -0.39 is 97.5 Å². The molecule has 0 aromatic heterocycles. The van der Waals surface area contributed by atoms with Crippen LogP contribution in [0.25, 0.3) is 0 Å². The molecule has 0 aromatic carbocycles. The van der Waals surface area contributed by atoms with Gasteiger partial charge in [-0.3, -0.25) is 37.3 Å². The van der Waals surface area contributed by atoms with Gasteiger partial charge in [-0.2, -0.15) is 0 Å². The molecule has 0 aliphatic heterocycles. The SMILES string of the molecule is CCCCCCCCCCCCCCCCCCCCCCCC(=O)O[C@H](COC(=O)CCCCCCCCCCCCCCC(C)C)COP(=O)(O)OC[C@@H](O)COP(=O)(O)OC[C@@H](COC(=O)CCCCCCCCCCC(C)CC)OC(=O)CCCCCCCCCCCCCC(C)C. The van der Waals surface area contributed by atoms with Gasteiger partial charge in [0.05, 0.1) is 26.4 Å². The zero-order chi connectivity index (χ0) is 75.1. The molecule has 0 heterocycles. The molecular weight excluding hydrogens is 1330 g/mol. The van der Waals surface area contributed by atoms with Crippen molar-refractivity contribution in [2.45, 2.75) is 452 Å². The molecule has 6 atom stereocenters. The summed E-state index contributed by atoms with van der Waals surface area (Å²) >= 11 is 0. The summed E-state index contributed by atoms with van der Waals surface area (Å²) in [5, 5.41) is 10.7. The minimum atomic E-state index is -4.96. The van der Waals surface area contributed by atoms with Crippen molar-refractivity contribution in [1.29, 1.82) is 0 Å². The van der Waals surface area contributed by atoms with Gasteiger partial charge in [0.1, 0.15) is 19.3 Å². The third-order valence-electron chi connectivity index (χ3n) is 19.7. The van der Waals surface area contributed by atoms with Gasteiger partial charge in [-0.15, -0.1) is 0 Å². The molecule has 102 heavy (non-hydrogen) atoms. The number of aliphatic hydroxyl groups is 1. The maximum absolute atomic E-state index is 13.1. The van der Waals surface area contributed by atoms with E-state index in [-0.39, 0.29) is 25.7 Å². The van der Waals surface area contributed by atoms with Crippen LogP contribution in [-0.2, 0) is 65.4 Å². The van der Waals surface area contributed by atoms with Gasteiger partial charge >= 0.3 is 39.5 Å². The second kappa shape index (κ2) is 73.2. The molecule has 0 saturated carbocycles. The molecule has 0 fully saturated rings. The van der Waals surface area contributed by atoms with Gasteiger partial charge in [0.25, 0.3) is 0 Å². The molecule has 0 rings (SSSR count). The number of ether oxygens (including phenoxy) is 4. The molecular formula is C83H162O17P2. The predicted octanol–water partition coefficient (Wildman–Crippen LogP) is 24.9. The quantitative estimate of drug-likeness (QED) is 0.0222. The summed E-state index contributed by atoms with van der Waals surface area (Å²) in [7, 11) is -9.93. The number of carbonyl (C=O) groups excluding carboxylic acids is 4. The van der Waals surface area contributed by atoms with Gasteiger partial charge < -0.3 is 33.8 Å². The largest absolute Gasteiger partial charge is 0.472 e. The van der Waals surface area contributed by atoms with Crippen LogP contribution in [0.15, 0.2) is 0 Å². The first-order valence-electron chi connectivity index (χ1n) is 42.9. The van der Waals surface area contributed by atoms with Crippen molar-refractivity contribution in [2.75, 3.05) is 39.6 Å². The van der Waals surface area contributed by atoms with Gasteiger partial charge in [0.15, 0.2) is 12.2 Å². The third-order valence-corrected chi connectivity index (χ3v) is 21.6. The number of phosphoric acid groups is 2. The third kappa shape index (κ3) is 74.9. The van der Waals surface area contributed by atoms with Gasteiger partial charge in [0.2, 0.25) is 0 Å². The fourth-order valence-corrected chi connectivity index (χ4v) is 14.4. The lowest BCUT2D eigenvalue weighted by Crippen LogP contribution is -2.30. The van der Waals surface area contributed by atoms with Crippen molar-refractivity contribution >= 4 is 39.5 Å². The highest BCUT2D eigenvalue weighted by Gasteiger charge is 2.30. The predicted molar refractivity (Wildman–Crippen MR) is 418 cm³/mol. The number of rotatable bonds is 81. The molecule has 0 spiro atoms. The average Bonchev–Trinajstić information content (AvgIpc) is 1.03. The van der Waals surface area contributed by atoms with Crippen LogP contribution >= 0.6 is 15.6 Å². The summed E-state index contributed by atoms with van der Waals surface area (Å²) in [6.45, 7) is 12.0. The van der Waals surface area contributed by atoms with E-state index in [2.05, 4.69) is 48.5 Å². The Morgan fingerprint density at radius 1 is 0.284 bits per heavy atom. The maximum Gasteiger partial charge on any atom is 0.472 e. The van der Waals surface area contributed by atoms with Crippen LogP contribution in [0.4, 0.5) is 0 Å². The van der Waals surface area contributed by atoms with Gasteiger partial charge in [-0.25, -0.2) is 9.13 Å². The second-order valence-corrected chi connectivity index (χ2v) is 34.0. The van der Waals surface area contributed by atoms with Gasteiger partial charge in [-0.1, -0.05) is 382 Å². The van der Waals surface area contributed by atoms with Crippen molar-refractivity contribution in [3.8, 4) is 0 Å². The number of hydrogen-bond acceptors (Lipinski definition) is 15. The molecule has 0 bridgehead atoms. The molecule has 0 radical (unpaired) electrons. The highest BCUT2D eigenvalue weighted by atomic mass is 31.2. The molecule has 0 aliphatic carbocycles. The summed E-state index contributed by atoms with van der Waals surface area (Å²) in [5.74, 6) is 0.215. The Bertz CT molecular complexity index is 1980. The Hall–Kier alpha value is -1.94. The monoisotopic (exact) mass is 1490 g/mol. The average molecular weight is 1490 g/mol. The van der Waals surface area contributed by atoms with Crippen LogP contribution in [0.2, 0.25) is 0 Å². The minimum Gasteiger partial charge on any atom is -0.462 e. The minimum absolute atomic E-state index is 0.106. The molecule has 3 unspecified atom stereocenters. The van der Waals surface area contributed by atoms with Crippen molar-refractivity contribution in [3.63, 3.8) is 0 Å². The first-order chi connectivity index (χ1) is 49.3. The van der Waals surface area contributed by atoms with Crippen LogP contribution in [0.1, 0.15) is 434 Å². The number of unbranched alkanes of at least 4 members (excludes halogenated alkanes) is 48. The van der Waals surface area contributed by atoms with Crippen LogP contribution in [0.5, 0.6) is 0 Å². The summed E-state index contributed by atoms with van der Waals surface area (Å²) in [6, 6.07) is 0. The number of hydrogen-bond donors (Lipinski definition) is 3. The molecule has 606 valence electrons. The maximum atomic E-state index is 13.1. The van der Waals surface area contributed by atoms with E-state index in [1.54, 1.807) is 0 Å². The van der Waals surface area contributed by atoms with E-state index in [0.717, 1.165) is 108 Å². The first kappa shape index (κ1) is 100. The van der Waals surface area contributed by atoms with E-state index in [0.29, 0.717) is 25.7 Å². The number of phosphoric ester groups is 2.